The molecule has 0 unspecified atom stereocenters. The molecule has 1 amide bonds. The normalized spacial score (nSPS) is 28.1. The van der Waals surface area contributed by atoms with Gasteiger partial charge in [-0.2, -0.15) is 27.8 Å². The van der Waals surface area contributed by atoms with Crippen molar-refractivity contribution in [3.63, 3.8) is 0 Å². The topological polar surface area (TPSA) is 268 Å². The fourth-order valence-electron chi connectivity index (χ4n) is 5.61. The summed E-state index contributed by atoms with van der Waals surface area (Å²) in [5, 5.41) is 36.1. The number of nitrogens with zero attached hydrogens (tertiary/aromatic N) is 5. The fraction of sp³-hybridized carbons (Fsp3) is 0.739. The zero-order valence-electron chi connectivity index (χ0n) is 24.0. The molecular weight excluding hydrogens is 665 g/mol. The largest absolute Gasteiger partial charge is 0.392 e. The van der Waals surface area contributed by atoms with Crippen molar-refractivity contribution in [3.05, 3.63) is 11.5 Å². The number of aromatic nitrogens is 4. The zero-order valence-corrected chi connectivity index (χ0v) is 26.4. The number of hydrogen-bond donors (Lipinski definition) is 7. The molecule has 1 aliphatic carbocycles. The average molecular weight is 700 g/mol. The summed E-state index contributed by atoms with van der Waals surface area (Å²) in [6, 6.07) is 0.176. The van der Waals surface area contributed by atoms with Crippen molar-refractivity contribution >= 4 is 52.2 Å². The summed E-state index contributed by atoms with van der Waals surface area (Å²) in [5.74, 6) is -1.33. The van der Waals surface area contributed by atoms with Gasteiger partial charge in [0.2, 0.25) is 5.28 Å². The lowest BCUT2D eigenvalue weighted by Gasteiger charge is -2.33. The van der Waals surface area contributed by atoms with Crippen LogP contribution in [0.1, 0.15) is 38.3 Å². The Bertz CT molecular complexity index is 1560. The number of nitrogens with one attached hydrogen (secondary N) is 2. The van der Waals surface area contributed by atoms with Crippen LogP contribution in [-0.4, -0.2) is 133 Å². The number of halogens is 1. The lowest BCUT2D eigenvalue weighted by molar-refractivity contribution is -0.151. The number of anilines is 1. The first-order chi connectivity index (χ1) is 21.2. The first-order valence-corrected chi connectivity index (χ1v) is 17.5. The second kappa shape index (κ2) is 13.2. The number of methoxy groups -OCH3 is 1. The van der Waals surface area contributed by atoms with Crippen molar-refractivity contribution in [2.75, 3.05) is 38.7 Å². The number of rotatable bonds is 12. The minimum absolute atomic E-state index is 0.0931. The van der Waals surface area contributed by atoms with E-state index < -0.39 is 72.9 Å². The molecule has 3 aliphatic rings. The van der Waals surface area contributed by atoms with Gasteiger partial charge in [0.1, 0.15) is 24.1 Å². The van der Waals surface area contributed by atoms with Gasteiger partial charge in [-0.1, -0.05) is 12.8 Å². The van der Waals surface area contributed by atoms with Crippen molar-refractivity contribution in [3.8, 4) is 0 Å². The molecule has 5 rings (SSSR count). The molecule has 4 heterocycles. The number of amides is 1. The lowest BCUT2D eigenvalue weighted by Crippen LogP contribution is -2.56. The molecule has 45 heavy (non-hydrogen) atoms. The number of carbonyl (C=O) groups is 1. The second-order valence-corrected chi connectivity index (χ2v) is 15.0. The van der Waals surface area contributed by atoms with Gasteiger partial charge in [0.05, 0.1) is 30.9 Å². The number of hydrogen-bond acceptors (Lipinski definition) is 14. The highest BCUT2D eigenvalue weighted by molar-refractivity contribution is 7.87. The fourth-order valence-corrected chi connectivity index (χ4v) is 7.95. The summed E-state index contributed by atoms with van der Waals surface area (Å²) in [6.45, 7) is -2.50. The first-order valence-electron chi connectivity index (χ1n) is 14.0. The Kier molecular flexibility index (Phi) is 10.1. The Morgan fingerprint density at radius 2 is 1.91 bits per heavy atom. The standard InChI is InChI=1S/C23H35ClN7O12PS/c1-41-11-23(44(36,37)38,21(35)29-45(39,40)30-7-6-13(32)9-30)42-10-15-16(33)17(34)20(43-15)31-19-14(8-25-31)18(27-22(24)28-19)26-12-4-2-3-5-12/h8,12-13,15-17,20,32-34H,2-7,9-11H2,1H3,(H,29,35)(H,26,27,28)(H2,36,37,38)/t13-,15+,16+,17+,20+,23-/m0/s1. The predicted octanol–water partition coefficient (Wildman–Crippen LogP) is -1.58. The van der Waals surface area contributed by atoms with E-state index in [1.807, 2.05) is 0 Å². The molecule has 2 aromatic rings. The maximum atomic E-state index is 13.2. The summed E-state index contributed by atoms with van der Waals surface area (Å²) in [5.41, 5.74) is 0.161. The van der Waals surface area contributed by atoms with Crippen molar-refractivity contribution in [2.24, 2.45) is 0 Å². The van der Waals surface area contributed by atoms with Gasteiger partial charge in [-0.25, -0.2) is 9.40 Å². The quantitative estimate of drug-likeness (QED) is 0.0973. The summed E-state index contributed by atoms with van der Waals surface area (Å²) < 4.78 is 57.6. The SMILES string of the molecule is COC[C@@](OC[C@H]1O[C@@H](n2ncc3c(NC4CCCC4)nc(Cl)nc32)[C@H](O)[C@@H]1O)(C(=O)NS(=O)(=O)N1CC[C@H](O)C1)P(=O)(O)O. The molecule has 0 radical (unpaired) electrons. The highest BCUT2D eigenvalue weighted by Gasteiger charge is 2.58. The summed E-state index contributed by atoms with van der Waals surface area (Å²) in [6.07, 6.45) is -1.72. The molecule has 19 nitrogen and oxygen atoms in total. The number of ether oxygens (including phenoxy) is 3. The molecule has 0 aromatic carbocycles. The van der Waals surface area contributed by atoms with E-state index in [4.69, 9.17) is 25.8 Å². The molecule has 1 saturated carbocycles. The van der Waals surface area contributed by atoms with Gasteiger partial charge in [-0.05, 0) is 30.9 Å². The molecule has 0 bridgehead atoms. The average Bonchev–Trinajstić information content (AvgIpc) is 3.76. The van der Waals surface area contributed by atoms with Crippen LogP contribution in [0.4, 0.5) is 5.82 Å². The molecule has 2 aliphatic heterocycles. The van der Waals surface area contributed by atoms with Crippen LogP contribution in [-0.2, 0) is 33.8 Å². The van der Waals surface area contributed by atoms with Crippen LogP contribution in [0.5, 0.6) is 0 Å². The van der Waals surface area contributed by atoms with Crippen LogP contribution in [0.15, 0.2) is 6.20 Å². The summed E-state index contributed by atoms with van der Waals surface area (Å²) in [4.78, 5) is 42.1. The summed E-state index contributed by atoms with van der Waals surface area (Å²) in [7, 11) is -9.32. The van der Waals surface area contributed by atoms with Gasteiger partial charge in [0.15, 0.2) is 11.9 Å². The molecule has 6 atom stereocenters. The highest BCUT2D eigenvalue weighted by Crippen LogP contribution is 2.52. The van der Waals surface area contributed by atoms with E-state index in [1.165, 1.54) is 6.20 Å². The van der Waals surface area contributed by atoms with Crippen molar-refractivity contribution in [1.29, 1.82) is 0 Å². The Morgan fingerprint density at radius 3 is 2.53 bits per heavy atom. The van der Waals surface area contributed by atoms with Gasteiger partial charge in [0, 0.05) is 26.2 Å². The van der Waals surface area contributed by atoms with E-state index in [2.05, 4.69) is 20.4 Å². The number of β-amino-alcohol motifs (C(OH)–C–C–N with tert-alkyl or cyclic N) is 1. The van der Waals surface area contributed by atoms with Crippen LogP contribution < -0.4 is 10.0 Å². The molecule has 2 aromatic heterocycles. The van der Waals surface area contributed by atoms with Crippen molar-refractivity contribution < 1.29 is 57.1 Å². The van der Waals surface area contributed by atoms with Crippen LogP contribution in [0.25, 0.3) is 11.0 Å². The summed E-state index contributed by atoms with van der Waals surface area (Å²) >= 11 is 6.18. The van der Waals surface area contributed by atoms with E-state index >= 15 is 0 Å². The van der Waals surface area contributed by atoms with Crippen LogP contribution in [0, 0.1) is 0 Å². The van der Waals surface area contributed by atoms with E-state index in [9.17, 15) is 42.9 Å². The van der Waals surface area contributed by atoms with Gasteiger partial charge >= 0.3 is 17.8 Å². The number of fused-ring (bicyclic) bond motifs is 1. The Hall–Kier alpha value is -2.07. The predicted molar refractivity (Wildman–Crippen MR) is 154 cm³/mol. The highest BCUT2D eigenvalue weighted by atomic mass is 35.5. The van der Waals surface area contributed by atoms with Crippen LogP contribution in [0.3, 0.4) is 0 Å². The third-order valence-electron chi connectivity index (χ3n) is 8.04. The monoisotopic (exact) mass is 699 g/mol. The minimum Gasteiger partial charge on any atom is -0.392 e. The van der Waals surface area contributed by atoms with Crippen molar-refractivity contribution in [1.82, 2.24) is 28.8 Å². The number of aliphatic hydroxyl groups is 3. The van der Waals surface area contributed by atoms with Gasteiger partial charge in [0.25, 0.3) is 11.2 Å². The number of aliphatic hydroxyl groups excluding tert-OH is 3. The van der Waals surface area contributed by atoms with Gasteiger partial charge in [-0.15, -0.1) is 0 Å². The van der Waals surface area contributed by atoms with Crippen LogP contribution in [0.2, 0.25) is 5.28 Å². The van der Waals surface area contributed by atoms with Crippen molar-refractivity contribution in [2.45, 2.75) is 74.1 Å². The van der Waals surface area contributed by atoms with E-state index in [1.54, 1.807) is 4.72 Å². The third kappa shape index (κ3) is 6.83. The Morgan fingerprint density at radius 1 is 1.20 bits per heavy atom. The molecular formula is C23H35ClN7O12PS. The molecule has 7 N–H and O–H groups in total. The van der Waals surface area contributed by atoms with E-state index in [-0.39, 0.29) is 36.5 Å². The lowest BCUT2D eigenvalue weighted by atomic mass is 10.1. The van der Waals surface area contributed by atoms with Gasteiger partial charge in [-0.3, -0.25) is 9.36 Å². The first kappa shape index (κ1) is 34.3. The number of carbonyl (C=O) groups excluding carboxylic acids is 1. The minimum atomic E-state index is -5.67. The third-order valence-corrected chi connectivity index (χ3v) is 11.1. The molecule has 22 heteroatoms. The molecule has 252 valence electrons. The Labute approximate surface area is 262 Å². The molecule has 0 spiro atoms. The maximum absolute atomic E-state index is 13.2. The molecule has 2 saturated heterocycles. The molecule has 3 fully saturated rings. The Balaban J connectivity index is 1.36. The van der Waals surface area contributed by atoms with Crippen LogP contribution >= 0.6 is 19.2 Å². The smallest absolute Gasteiger partial charge is 0.369 e. The van der Waals surface area contributed by atoms with Gasteiger partial charge < -0.3 is 44.6 Å². The van der Waals surface area contributed by atoms with E-state index in [0.29, 0.717) is 11.2 Å². The maximum Gasteiger partial charge on any atom is 0.369 e. The van der Waals surface area contributed by atoms with E-state index in [0.717, 1.165) is 41.8 Å². The second-order valence-electron chi connectivity index (χ2n) is 11.1. The zero-order chi connectivity index (χ0) is 32.7.